The van der Waals surface area contributed by atoms with Crippen molar-refractivity contribution in [1.82, 2.24) is 0 Å². The summed E-state index contributed by atoms with van der Waals surface area (Å²) in [5, 5.41) is 9.96. The summed E-state index contributed by atoms with van der Waals surface area (Å²) in [6.07, 6.45) is -7.01. The first-order valence-electron chi connectivity index (χ1n) is 6.92. The quantitative estimate of drug-likeness (QED) is 0.728. The fourth-order valence-electron chi connectivity index (χ4n) is 2.62. The van der Waals surface area contributed by atoms with E-state index >= 15 is 0 Å². The van der Waals surface area contributed by atoms with Crippen LogP contribution in [0.15, 0.2) is 0 Å². The summed E-state index contributed by atoms with van der Waals surface area (Å²) in [5.74, 6) is -4.82. The fourth-order valence-corrected chi connectivity index (χ4v) is 2.62. The van der Waals surface area contributed by atoms with Crippen molar-refractivity contribution >= 4 is 0 Å². The van der Waals surface area contributed by atoms with E-state index in [1.54, 1.807) is 0 Å². The standard InChI is InChI=1S/C13H20F6O/c14-10(13(17,18)19)12(15,16)11(20)8-6-4-2-1-3-5-7-9-11/h10,20H,1-9H2. The van der Waals surface area contributed by atoms with Gasteiger partial charge in [-0.15, -0.1) is 0 Å². The molecule has 1 aliphatic rings. The van der Waals surface area contributed by atoms with Crippen LogP contribution < -0.4 is 0 Å². The lowest BCUT2D eigenvalue weighted by molar-refractivity contribution is -0.296. The number of aliphatic hydroxyl groups is 1. The molecular weight excluding hydrogens is 286 g/mol. The van der Waals surface area contributed by atoms with Gasteiger partial charge in [0.15, 0.2) is 0 Å². The molecule has 1 saturated carbocycles. The SMILES string of the molecule is OC1(C(F)(F)C(F)C(F)(F)F)CCCCCCCCC1. The first-order valence-corrected chi connectivity index (χ1v) is 6.92. The Balaban J connectivity index is 2.89. The van der Waals surface area contributed by atoms with Crippen molar-refractivity contribution in [2.75, 3.05) is 0 Å². The van der Waals surface area contributed by atoms with Crippen molar-refractivity contribution < 1.29 is 31.4 Å². The van der Waals surface area contributed by atoms with Crippen LogP contribution in [0.25, 0.3) is 0 Å². The largest absolute Gasteiger partial charge is 0.425 e. The maximum atomic E-state index is 13.8. The highest BCUT2D eigenvalue weighted by Gasteiger charge is 2.66. The van der Waals surface area contributed by atoms with Crippen LogP contribution in [0.2, 0.25) is 0 Å². The molecule has 7 heteroatoms. The molecule has 1 nitrogen and oxygen atoms in total. The summed E-state index contributed by atoms with van der Waals surface area (Å²) in [5.41, 5.74) is -2.92. The lowest BCUT2D eigenvalue weighted by atomic mass is 9.81. The molecule has 120 valence electrons. The zero-order chi connectivity index (χ0) is 15.4. The lowest BCUT2D eigenvalue weighted by Gasteiger charge is -2.38. The van der Waals surface area contributed by atoms with Gasteiger partial charge >= 0.3 is 12.1 Å². The van der Waals surface area contributed by atoms with E-state index in [1.807, 2.05) is 0 Å². The Hall–Kier alpha value is -0.460. The van der Waals surface area contributed by atoms with E-state index < -0.39 is 36.7 Å². The Morgan fingerprint density at radius 2 is 1.10 bits per heavy atom. The third-order valence-electron chi connectivity index (χ3n) is 3.91. The molecule has 1 rings (SSSR count). The van der Waals surface area contributed by atoms with Gasteiger partial charge in [0.2, 0.25) is 0 Å². The van der Waals surface area contributed by atoms with Gasteiger partial charge in [-0.1, -0.05) is 44.9 Å². The normalized spacial score (nSPS) is 24.1. The number of hydrogen-bond acceptors (Lipinski definition) is 1. The number of alkyl halides is 6. The number of halogens is 6. The molecule has 0 aliphatic heterocycles. The van der Waals surface area contributed by atoms with E-state index in [1.165, 1.54) is 0 Å². The second-order valence-corrected chi connectivity index (χ2v) is 5.53. The molecule has 1 fully saturated rings. The van der Waals surface area contributed by atoms with E-state index in [9.17, 15) is 31.4 Å². The van der Waals surface area contributed by atoms with Crippen LogP contribution in [0.4, 0.5) is 26.3 Å². The fraction of sp³-hybridized carbons (Fsp3) is 1.00. The van der Waals surface area contributed by atoms with Crippen molar-refractivity contribution in [3.05, 3.63) is 0 Å². The third-order valence-corrected chi connectivity index (χ3v) is 3.91. The molecule has 1 N–H and O–H groups in total. The van der Waals surface area contributed by atoms with Crippen LogP contribution in [-0.4, -0.2) is 29.0 Å². The maximum Gasteiger partial charge on any atom is 0.425 e. The molecule has 0 spiro atoms. The van der Waals surface area contributed by atoms with Gasteiger partial charge in [0.05, 0.1) is 0 Å². The van der Waals surface area contributed by atoms with E-state index in [0.29, 0.717) is 12.8 Å². The Morgan fingerprint density at radius 3 is 1.45 bits per heavy atom. The summed E-state index contributed by atoms with van der Waals surface area (Å²) >= 11 is 0. The van der Waals surface area contributed by atoms with Crippen molar-refractivity contribution in [2.24, 2.45) is 0 Å². The van der Waals surface area contributed by atoms with Crippen LogP contribution in [0.5, 0.6) is 0 Å². The summed E-state index contributed by atoms with van der Waals surface area (Å²) in [4.78, 5) is 0. The van der Waals surface area contributed by atoms with Gasteiger partial charge in [0.25, 0.3) is 6.17 Å². The van der Waals surface area contributed by atoms with Crippen LogP contribution in [0.1, 0.15) is 57.8 Å². The van der Waals surface area contributed by atoms with Gasteiger partial charge in [-0.2, -0.15) is 22.0 Å². The molecule has 1 atom stereocenters. The number of rotatable bonds is 2. The Kier molecular flexibility index (Phi) is 5.75. The molecule has 20 heavy (non-hydrogen) atoms. The first-order chi connectivity index (χ1) is 9.11. The van der Waals surface area contributed by atoms with Gasteiger partial charge in [0, 0.05) is 0 Å². The average molecular weight is 306 g/mol. The highest BCUT2D eigenvalue weighted by atomic mass is 19.4. The second-order valence-electron chi connectivity index (χ2n) is 5.53. The van der Waals surface area contributed by atoms with Gasteiger partial charge in [-0.05, 0) is 12.8 Å². The van der Waals surface area contributed by atoms with Gasteiger partial charge in [-0.25, -0.2) is 4.39 Å². The van der Waals surface area contributed by atoms with Crippen LogP contribution in [0, 0.1) is 0 Å². The van der Waals surface area contributed by atoms with E-state index in [0.717, 1.165) is 19.3 Å². The first kappa shape index (κ1) is 17.6. The molecule has 0 aromatic carbocycles. The van der Waals surface area contributed by atoms with E-state index in [4.69, 9.17) is 0 Å². The summed E-state index contributed by atoms with van der Waals surface area (Å²) in [6, 6.07) is 0. The van der Waals surface area contributed by atoms with Gasteiger partial charge < -0.3 is 5.11 Å². The summed E-state index contributed by atoms with van der Waals surface area (Å²) < 4.78 is 77.4. The van der Waals surface area contributed by atoms with E-state index in [-0.39, 0.29) is 12.8 Å². The zero-order valence-corrected chi connectivity index (χ0v) is 11.2. The Labute approximate surface area is 114 Å². The van der Waals surface area contributed by atoms with Crippen LogP contribution in [0.3, 0.4) is 0 Å². The number of hydrogen-bond donors (Lipinski definition) is 1. The monoisotopic (exact) mass is 306 g/mol. The van der Waals surface area contributed by atoms with Crippen LogP contribution >= 0.6 is 0 Å². The van der Waals surface area contributed by atoms with Crippen molar-refractivity contribution in [2.45, 2.75) is 81.7 Å². The van der Waals surface area contributed by atoms with Crippen molar-refractivity contribution in [3.8, 4) is 0 Å². The summed E-state index contributed by atoms with van der Waals surface area (Å²) in [6.45, 7) is 0. The molecule has 0 bridgehead atoms. The van der Waals surface area contributed by atoms with Gasteiger partial charge in [0.1, 0.15) is 5.60 Å². The maximum absolute atomic E-state index is 13.8. The summed E-state index contributed by atoms with van der Waals surface area (Å²) in [7, 11) is 0. The van der Waals surface area contributed by atoms with Crippen molar-refractivity contribution in [1.29, 1.82) is 0 Å². The lowest BCUT2D eigenvalue weighted by Crippen LogP contribution is -2.58. The minimum Gasteiger partial charge on any atom is -0.383 e. The van der Waals surface area contributed by atoms with E-state index in [2.05, 4.69) is 0 Å². The minimum atomic E-state index is -5.67. The molecule has 0 aromatic rings. The Morgan fingerprint density at radius 1 is 0.750 bits per heavy atom. The predicted octanol–water partition coefficient (Wildman–Crippen LogP) is 4.78. The molecular formula is C13H20F6O. The highest BCUT2D eigenvalue weighted by molar-refractivity contribution is 5.00. The molecule has 0 amide bonds. The smallest absolute Gasteiger partial charge is 0.383 e. The zero-order valence-electron chi connectivity index (χ0n) is 11.2. The van der Waals surface area contributed by atoms with Gasteiger partial charge in [-0.3, -0.25) is 0 Å². The third kappa shape index (κ3) is 4.02. The minimum absolute atomic E-state index is 0.177. The molecule has 0 saturated heterocycles. The molecule has 0 aromatic heterocycles. The van der Waals surface area contributed by atoms with Crippen molar-refractivity contribution in [3.63, 3.8) is 0 Å². The average Bonchev–Trinajstić information content (AvgIpc) is 2.35. The molecule has 0 heterocycles. The topological polar surface area (TPSA) is 20.2 Å². The molecule has 1 aliphatic carbocycles. The Bertz CT molecular complexity index is 292. The second kappa shape index (κ2) is 6.54. The predicted molar refractivity (Wildman–Crippen MR) is 62.4 cm³/mol. The molecule has 0 radical (unpaired) electrons. The van der Waals surface area contributed by atoms with Crippen LogP contribution in [-0.2, 0) is 0 Å². The molecule has 1 unspecified atom stereocenters. The highest BCUT2D eigenvalue weighted by Crippen LogP contribution is 2.46.